The van der Waals surface area contributed by atoms with Crippen LogP contribution in [0.3, 0.4) is 0 Å². The van der Waals surface area contributed by atoms with E-state index in [-0.39, 0.29) is 11.6 Å². The third-order valence-electron chi connectivity index (χ3n) is 3.29. The molecule has 0 aliphatic carbocycles. The standard InChI is InChI=1S/C18H15FN2O2S/c1-12-20-14(11-24-12)10-23-15-8-6-13(7-9-15)18(22)21-17-5-3-2-4-16(17)19/h2-9,11H,10H2,1H3,(H,21,22). The zero-order chi connectivity index (χ0) is 16.9. The van der Waals surface area contributed by atoms with Crippen molar-refractivity contribution in [2.75, 3.05) is 5.32 Å². The van der Waals surface area contributed by atoms with Gasteiger partial charge in [-0.1, -0.05) is 12.1 Å². The maximum Gasteiger partial charge on any atom is 0.255 e. The first-order chi connectivity index (χ1) is 11.6. The molecule has 24 heavy (non-hydrogen) atoms. The molecule has 1 heterocycles. The van der Waals surface area contributed by atoms with Crippen molar-refractivity contribution in [3.63, 3.8) is 0 Å². The maximum atomic E-state index is 13.6. The van der Waals surface area contributed by atoms with Crippen LogP contribution in [0.2, 0.25) is 0 Å². The minimum absolute atomic E-state index is 0.154. The Hall–Kier alpha value is -2.73. The summed E-state index contributed by atoms with van der Waals surface area (Å²) in [6.07, 6.45) is 0. The number of thiazole rings is 1. The van der Waals surface area contributed by atoms with Crippen molar-refractivity contribution in [1.82, 2.24) is 4.98 Å². The van der Waals surface area contributed by atoms with Crippen molar-refractivity contribution >= 4 is 22.9 Å². The molecular weight excluding hydrogens is 327 g/mol. The van der Waals surface area contributed by atoms with Gasteiger partial charge in [-0.25, -0.2) is 9.37 Å². The molecule has 0 aliphatic heterocycles. The van der Waals surface area contributed by atoms with Gasteiger partial charge < -0.3 is 10.1 Å². The Morgan fingerprint density at radius 1 is 1.21 bits per heavy atom. The van der Waals surface area contributed by atoms with E-state index in [1.165, 1.54) is 12.1 Å². The second-order valence-corrected chi connectivity index (χ2v) is 6.17. The highest BCUT2D eigenvalue weighted by atomic mass is 32.1. The Morgan fingerprint density at radius 3 is 2.62 bits per heavy atom. The summed E-state index contributed by atoms with van der Waals surface area (Å²) in [7, 11) is 0. The molecule has 0 atom stereocenters. The molecule has 3 aromatic rings. The lowest BCUT2D eigenvalue weighted by Crippen LogP contribution is -2.12. The number of hydrogen-bond donors (Lipinski definition) is 1. The van der Waals surface area contributed by atoms with E-state index in [1.54, 1.807) is 47.7 Å². The molecule has 122 valence electrons. The highest BCUT2D eigenvalue weighted by Crippen LogP contribution is 2.18. The predicted molar refractivity (Wildman–Crippen MR) is 92.0 cm³/mol. The lowest BCUT2D eigenvalue weighted by molar-refractivity contribution is 0.102. The van der Waals surface area contributed by atoms with Crippen LogP contribution in [-0.2, 0) is 6.61 Å². The van der Waals surface area contributed by atoms with Crippen molar-refractivity contribution in [2.45, 2.75) is 13.5 Å². The number of carbonyl (C=O) groups is 1. The number of halogens is 1. The molecule has 1 aromatic heterocycles. The molecular formula is C18H15FN2O2S. The SMILES string of the molecule is Cc1nc(COc2ccc(C(=O)Nc3ccccc3F)cc2)cs1. The summed E-state index contributed by atoms with van der Waals surface area (Å²) < 4.78 is 19.2. The number of anilines is 1. The number of rotatable bonds is 5. The number of nitrogens with one attached hydrogen (secondary N) is 1. The highest BCUT2D eigenvalue weighted by Gasteiger charge is 2.09. The van der Waals surface area contributed by atoms with Crippen molar-refractivity contribution in [2.24, 2.45) is 0 Å². The lowest BCUT2D eigenvalue weighted by Gasteiger charge is -2.08. The summed E-state index contributed by atoms with van der Waals surface area (Å²) >= 11 is 1.57. The van der Waals surface area contributed by atoms with Gasteiger partial charge in [0.2, 0.25) is 0 Å². The van der Waals surface area contributed by atoms with E-state index in [9.17, 15) is 9.18 Å². The first-order valence-corrected chi connectivity index (χ1v) is 8.19. The van der Waals surface area contributed by atoms with Crippen molar-refractivity contribution in [3.8, 4) is 5.75 Å². The molecule has 1 amide bonds. The Labute approximate surface area is 142 Å². The summed E-state index contributed by atoms with van der Waals surface area (Å²) in [5, 5.41) is 5.49. The number of nitrogens with zero attached hydrogens (tertiary/aromatic N) is 1. The quantitative estimate of drug-likeness (QED) is 0.747. The number of para-hydroxylation sites is 1. The van der Waals surface area contributed by atoms with E-state index in [0.717, 1.165) is 10.7 Å². The molecule has 0 aliphatic rings. The minimum atomic E-state index is -0.468. The van der Waals surface area contributed by atoms with Gasteiger partial charge in [0.25, 0.3) is 5.91 Å². The second-order valence-electron chi connectivity index (χ2n) is 5.10. The Morgan fingerprint density at radius 2 is 1.96 bits per heavy atom. The second kappa shape index (κ2) is 7.23. The van der Waals surface area contributed by atoms with Gasteiger partial charge in [-0.15, -0.1) is 11.3 Å². The highest BCUT2D eigenvalue weighted by molar-refractivity contribution is 7.09. The van der Waals surface area contributed by atoms with Crippen molar-refractivity contribution in [1.29, 1.82) is 0 Å². The Bertz CT molecular complexity index is 846. The van der Waals surface area contributed by atoms with Crippen LogP contribution in [0.15, 0.2) is 53.9 Å². The average molecular weight is 342 g/mol. The number of aryl methyl sites for hydroxylation is 1. The number of hydrogen-bond acceptors (Lipinski definition) is 4. The summed E-state index contributed by atoms with van der Waals surface area (Å²) in [6.45, 7) is 2.32. The van der Waals surface area contributed by atoms with Gasteiger partial charge in [-0.2, -0.15) is 0 Å². The summed E-state index contributed by atoms with van der Waals surface area (Å²) in [4.78, 5) is 16.5. The van der Waals surface area contributed by atoms with E-state index in [1.807, 2.05) is 12.3 Å². The van der Waals surface area contributed by atoms with Crippen LogP contribution in [0.5, 0.6) is 5.75 Å². The molecule has 4 nitrogen and oxygen atoms in total. The zero-order valence-electron chi connectivity index (χ0n) is 13.0. The molecule has 2 aromatic carbocycles. The van der Waals surface area contributed by atoms with Gasteiger partial charge in [0.05, 0.1) is 16.4 Å². The zero-order valence-corrected chi connectivity index (χ0v) is 13.8. The van der Waals surface area contributed by atoms with Gasteiger partial charge in [0.1, 0.15) is 18.2 Å². The smallest absolute Gasteiger partial charge is 0.255 e. The summed E-state index contributed by atoms with van der Waals surface area (Å²) in [6, 6.07) is 12.7. The first kappa shape index (κ1) is 16.1. The van der Waals surface area contributed by atoms with Gasteiger partial charge in [0, 0.05) is 10.9 Å². The van der Waals surface area contributed by atoms with Crippen LogP contribution in [0.4, 0.5) is 10.1 Å². The van der Waals surface area contributed by atoms with Gasteiger partial charge in [0.15, 0.2) is 0 Å². The molecule has 0 bridgehead atoms. The van der Waals surface area contributed by atoms with E-state index in [0.29, 0.717) is 17.9 Å². The van der Waals surface area contributed by atoms with E-state index < -0.39 is 5.82 Å². The largest absolute Gasteiger partial charge is 0.487 e. The van der Waals surface area contributed by atoms with Gasteiger partial charge >= 0.3 is 0 Å². The maximum absolute atomic E-state index is 13.6. The molecule has 0 saturated heterocycles. The first-order valence-electron chi connectivity index (χ1n) is 7.31. The molecule has 0 fully saturated rings. The topological polar surface area (TPSA) is 51.2 Å². The number of aromatic nitrogens is 1. The van der Waals surface area contributed by atoms with Crippen LogP contribution >= 0.6 is 11.3 Å². The fourth-order valence-electron chi connectivity index (χ4n) is 2.09. The van der Waals surface area contributed by atoms with Crippen molar-refractivity contribution < 1.29 is 13.9 Å². The van der Waals surface area contributed by atoms with Crippen LogP contribution in [0, 0.1) is 12.7 Å². The van der Waals surface area contributed by atoms with Gasteiger partial charge in [-0.3, -0.25) is 4.79 Å². The number of ether oxygens (including phenoxy) is 1. The fraction of sp³-hybridized carbons (Fsp3) is 0.111. The fourth-order valence-corrected chi connectivity index (χ4v) is 2.69. The monoisotopic (exact) mass is 342 g/mol. The molecule has 3 rings (SSSR count). The Kier molecular flexibility index (Phi) is 4.86. The molecule has 0 spiro atoms. The van der Waals surface area contributed by atoms with Crippen LogP contribution < -0.4 is 10.1 Å². The number of amides is 1. The lowest BCUT2D eigenvalue weighted by atomic mass is 10.2. The van der Waals surface area contributed by atoms with Crippen LogP contribution in [0.25, 0.3) is 0 Å². The average Bonchev–Trinajstić information content (AvgIpc) is 3.01. The van der Waals surface area contributed by atoms with E-state index in [2.05, 4.69) is 10.3 Å². The molecule has 0 radical (unpaired) electrons. The molecule has 0 saturated carbocycles. The predicted octanol–water partition coefficient (Wildman–Crippen LogP) is 4.42. The minimum Gasteiger partial charge on any atom is -0.487 e. The van der Waals surface area contributed by atoms with Crippen LogP contribution in [-0.4, -0.2) is 10.9 Å². The van der Waals surface area contributed by atoms with Crippen molar-refractivity contribution in [3.05, 3.63) is 76.0 Å². The molecule has 6 heteroatoms. The summed E-state index contributed by atoms with van der Waals surface area (Å²) in [5.74, 6) is -0.200. The number of benzene rings is 2. The van der Waals surface area contributed by atoms with Crippen LogP contribution in [0.1, 0.15) is 21.1 Å². The Balaban J connectivity index is 1.61. The molecule has 0 unspecified atom stereocenters. The number of carbonyl (C=O) groups excluding carboxylic acids is 1. The van der Waals surface area contributed by atoms with E-state index in [4.69, 9.17) is 4.74 Å². The third-order valence-corrected chi connectivity index (χ3v) is 4.11. The van der Waals surface area contributed by atoms with E-state index >= 15 is 0 Å². The normalized spacial score (nSPS) is 10.4. The third kappa shape index (κ3) is 3.97. The molecule has 1 N–H and O–H groups in total. The van der Waals surface area contributed by atoms with Gasteiger partial charge in [-0.05, 0) is 43.3 Å². The summed E-state index contributed by atoms with van der Waals surface area (Å²) in [5.41, 5.74) is 1.45.